The molecule has 3 aromatic heterocycles. The second kappa shape index (κ2) is 3.34. The summed E-state index contributed by atoms with van der Waals surface area (Å²) < 4.78 is 1.79. The van der Waals surface area contributed by atoms with Gasteiger partial charge in [0, 0.05) is 30.4 Å². The SMILES string of the molecule is Oc1cccn2cc(-c3cccnc3)nc12. The largest absolute Gasteiger partial charge is 0.504 e. The first-order valence-corrected chi connectivity index (χ1v) is 4.92. The van der Waals surface area contributed by atoms with Gasteiger partial charge in [-0.05, 0) is 24.3 Å². The van der Waals surface area contributed by atoms with E-state index >= 15 is 0 Å². The second-order valence-corrected chi connectivity index (χ2v) is 3.49. The smallest absolute Gasteiger partial charge is 0.180 e. The van der Waals surface area contributed by atoms with Crippen LogP contribution in [-0.2, 0) is 0 Å². The Bertz CT molecular complexity index is 631. The van der Waals surface area contributed by atoms with Crippen LogP contribution in [0.5, 0.6) is 5.75 Å². The lowest BCUT2D eigenvalue weighted by Gasteiger charge is -1.92. The topological polar surface area (TPSA) is 50.4 Å². The highest BCUT2D eigenvalue weighted by Gasteiger charge is 2.06. The Hall–Kier alpha value is -2.36. The van der Waals surface area contributed by atoms with E-state index in [4.69, 9.17) is 0 Å². The summed E-state index contributed by atoms with van der Waals surface area (Å²) in [4.78, 5) is 8.40. The summed E-state index contributed by atoms with van der Waals surface area (Å²) in [5.41, 5.74) is 2.29. The fraction of sp³-hybridized carbons (Fsp3) is 0. The molecule has 0 spiro atoms. The predicted molar refractivity (Wildman–Crippen MR) is 60.1 cm³/mol. The van der Waals surface area contributed by atoms with E-state index in [9.17, 15) is 5.11 Å². The molecule has 3 heterocycles. The van der Waals surface area contributed by atoms with Crippen LogP contribution in [0.25, 0.3) is 16.9 Å². The first-order valence-electron chi connectivity index (χ1n) is 4.92. The average Bonchev–Trinajstić information content (AvgIpc) is 2.76. The normalized spacial score (nSPS) is 10.8. The molecule has 4 heteroatoms. The van der Waals surface area contributed by atoms with Gasteiger partial charge in [-0.25, -0.2) is 4.98 Å². The van der Waals surface area contributed by atoms with Crippen molar-refractivity contribution >= 4 is 5.65 Å². The summed E-state index contributed by atoms with van der Waals surface area (Å²) in [6.07, 6.45) is 7.18. The van der Waals surface area contributed by atoms with Gasteiger partial charge in [-0.3, -0.25) is 4.98 Å². The fourth-order valence-corrected chi connectivity index (χ4v) is 1.65. The highest BCUT2D eigenvalue weighted by molar-refractivity contribution is 5.64. The third-order valence-corrected chi connectivity index (χ3v) is 2.42. The minimum atomic E-state index is 0.178. The first-order chi connectivity index (χ1) is 7.84. The van der Waals surface area contributed by atoms with Crippen molar-refractivity contribution in [1.82, 2.24) is 14.4 Å². The molecule has 1 N–H and O–H groups in total. The Kier molecular flexibility index (Phi) is 1.86. The van der Waals surface area contributed by atoms with Crippen LogP contribution in [0, 0.1) is 0 Å². The molecule has 0 aliphatic heterocycles. The summed E-state index contributed by atoms with van der Waals surface area (Å²) in [6.45, 7) is 0. The molecular weight excluding hydrogens is 202 g/mol. The van der Waals surface area contributed by atoms with Crippen LogP contribution < -0.4 is 0 Å². The van der Waals surface area contributed by atoms with Crippen molar-refractivity contribution < 1.29 is 5.11 Å². The molecule has 3 rings (SSSR count). The molecule has 0 amide bonds. The van der Waals surface area contributed by atoms with Gasteiger partial charge in [-0.2, -0.15) is 0 Å². The molecule has 0 atom stereocenters. The van der Waals surface area contributed by atoms with Gasteiger partial charge in [0.1, 0.15) is 0 Å². The highest BCUT2D eigenvalue weighted by atomic mass is 16.3. The predicted octanol–water partition coefficient (Wildman–Crippen LogP) is 2.10. The number of hydrogen-bond donors (Lipinski definition) is 1. The van der Waals surface area contributed by atoms with Gasteiger partial charge >= 0.3 is 0 Å². The fourth-order valence-electron chi connectivity index (χ4n) is 1.65. The zero-order valence-electron chi connectivity index (χ0n) is 8.41. The Balaban J connectivity index is 2.23. The molecule has 3 aromatic rings. The summed E-state index contributed by atoms with van der Waals surface area (Å²) in [6, 6.07) is 7.19. The van der Waals surface area contributed by atoms with E-state index in [-0.39, 0.29) is 5.75 Å². The van der Waals surface area contributed by atoms with Crippen molar-refractivity contribution in [1.29, 1.82) is 0 Å². The molecule has 0 aliphatic carbocycles. The zero-order valence-corrected chi connectivity index (χ0v) is 8.41. The van der Waals surface area contributed by atoms with Crippen LogP contribution in [0.1, 0.15) is 0 Å². The number of aromatic hydroxyl groups is 1. The van der Waals surface area contributed by atoms with Crippen LogP contribution in [0.15, 0.2) is 49.1 Å². The van der Waals surface area contributed by atoms with Gasteiger partial charge in [0.05, 0.1) is 5.69 Å². The first kappa shape index (κ1) is 8.91. The Morgan fingerprint density at radius 2 is 2.12 bits per heavy atom. The van der Waals surface area contributed by atoms with Crippen molar-refractivity contribution in [2.45, 2.75) is 0 Å². The minimum Gasteiger partial charge on any atom is -0.504 e. The van der Waals surface area contributed by atoms with E-state index < -0.39 is 0 Å². The van der Waals surface area contributed by atoms with Crippen LogP contribution in [-0.4, -0.2) is 19.5 Å². The van der Waals surface area contributed by atoms with Crippen LogP contribution in [0.4, 0.5) is 0 Å². The number of hydrogen-bond acceptors (Lipinski definition) is 3. The molecule has 0 aliphatic rings. The quantitative estimate of drug-likeness (QED) is 0.670. The number of fused-ring (bicyclic) bond motifs is 1. The number of aromatic nitrogens is 3. The van der Waals surface area contributed by atoms with Gasteiger partial charge in [0.15, 0.2) is 11.4 Å². The number of rotatable bonds is 1. The molecule has 16 heavy (non-hydrogen) atoms. The Morgan fingerprint density at radius 1 is 1.19 bits per heavy atom. The molecule has 0 bridgehead atoms. The van der Waals surface area contributed by atoms with Gasteiger partial charge in [-0.15, -0.1) is 0 Å². The lowest BCUT2D eigenvalue weighted by molar-refractivity contribution is 0.477. The standard InChI is InChI=1S/C12H9N3O/c16-11-4-2-6-15-8-10(14-12(11)15)9-3-1-5-13-7-9/h1-8,16H. The summed E-state index contributed by atoms with van der Waals surface area (Å²) in [5.74, 6) is 0.178. The Labute approximate surface area is 91.8 Å². The van der Waals surface area contributed by atoms with Crippen molar-refractivity contribution in [3.63, 3.8) is 0 Å². The maximum Gasteiger partial charge on any atom is 0.180 e. The van der Waals surface area contributed by atoms with E-state index in [1.54, 1.807) is 28.9 Å². The number of pyridine rings is 2. The summed E-state index contributed by atoms with van der Waals surface area (Å²) in [5, 5.41) is 9.63. The molecule has 4 nitrogen and oxygen atoms in total. The summed E-state index contributed by atoms with van der Waals surface area (Å²) in [7, 11) is 0. The van der Waals surface area contributed by atoms with E-state index in [0.29, 0.717) is 5.65 Å². The third-order valence-electron chi connectivity index (χ3n) is 2.42. The zero-order chi connectivity index (χ0) is 11.0. The van der Waals surface area contributed by atoms with E-state index in [1.165, 1.54) is 0 Å². The number of nitrogens with zero attached hydrogens (tertiary/aromatic N) is 3. The molecular formula is C12H9N3O. The lowest BCUT2D eigenvalue weighted by Crippen LogP contribution is -1.80. The van der Waals surface area contributed by atoms with Crippen LogP contribution >= 0.6 is 0 Å². The van der Waals surface area contributed by atoms with Gasteiger partial charge in [0.2, 0.25) is 0 Å². The van der Waals surface area contributed by atoms with Crippen LogP contribution in [0.2, 0.25) is 0 Å². The van der Waals surface area contributed by atoms with Gasteiger partial charge in [0.25, 0.3) is 0 Å². The molecule has 0 saturated heterocycles. The maximum absolute atomic E-state index is 9.63. The molecule has 78 valence electrons. The van der Waals surface area contributed by atoms with Crippen molar-refractivity contribution in [2.24, 2.45) is 0 Å². The van der Waals surface area contributed by atoms with E-state index in [2.05, 4.69) is 9.97 Å². The number of imidazole rings is 1. The van der Waals surface area contributed by atoms with E-state index in [0.717, 1.165) is 11.3 Å². The molecule has 0 radical (unpaired) electrons. The van der Waals surface area contributed by atoms with Crippen molar-refractivity contribution in [2.75, 3.05) is 0 Å². The summed E-state index contributed by atoms with van der Waals surface area (Å²) >= 11 is 0. The van der Waals surface area contributed by atoms with E-state index in [1.807, 2.05) is 24.5 Å². The Morgan fingerprint density at radius 3 is 2.88 bits per heavy atom. The maximum atomic E-state index is 9.63. The highest BCUT2D eigenvalue weighted by Crippen LogP contribution is 2.22. The van der Waals surface area contributed by atoms with Gasteiger partial charge < -0.3 is 9.51 Å². The van der Waals surface area contributed by atoms with Gasteiger partial charge in [-0.1, -0.05) is 0 Å². The molecule has 0 unspecified atom stereocenters. The third kappa shape index (κ3) is 1.32. The average molecular weight is 211 g/mol. The van der Waals surface area contributed by atoms with Crippen LogP contribution in [0.3, 0.4) is 0 Å². The molecule has 0 saturated carbocycles. The van der Waals surface area contributed by atoms with Crippen molar-refractivity contribution in [3.8, 4) is 17.0 Å². The minimum absolute atomic E-state index is 0.178. The lowest BCUT2D eigenvalue weighted by atomic mass is 10.2. The molecule has 0 aromatic carbocycles. The second-order valence-electron chi connectivity index (χ2n) is 3.49. The van der Waals surface area contributed by atoms with Crippen molar-refractivity contribution in [3.05, 3.63) is 49.1 Å². The molecule has 0 fully saturated rings. The monoisotopic (exact) mass is 211 g/mol.